The molecule has 2 aromatic rings. The molecule has 208 valence electrons. The van der Waals surface area contributed by atoms with E-state index in [-0.39, 0.29) is 31.2 Å². The number of carbonyl (C=O) groups is 1. The van der Waals surface area contributed by atoms with Gasteiger partial charge in [0, 0.05) is 25.6 Å². The fourth-order valence-corrected chi connectivity index (χ4v) is 3.77. The van der Waals surface area contributed by atoms with Crippen LogP contribution in [0, 0.1) is 11.3 Å². The number of rotatable bonds is 15. The van der Waals surface area contributed by atoms with Gasteiger partial charge in [-0.05, 0) is 41.7 Å². The number of esters is 1. The molecule has 0 saturated carbocycles. The molecule has 1 aliphatic rings. The number of hydrogen-bond donors (Lipinski definition) is 2. The van der Waals surface area contributed by atoms with Gasteiger partial charge in [-0.25, -0.2) is 4.79 Å². The molecule has 0 saturated heterocycles. The summed E-state index contributed by atoms with van der Waals surface area (Å²) in [5, 5.41) is 28.3. The Balaban J connectivity index is 1.46. The fraction of sp³-hybridized carbons (Fsp3) is 0.536. The first-order valence-corrected chi connectivity index (χ1v) is 13.0. The minimum absolute atomic E-state index is 0.0176. The van der Waals surface area contributed by atoms with E-state index in [2.05, 4.69) is 43.1 Å². The summed E-state index contributed by atoms with van der Waals surface area (Å²) < 4.78 is 21.2. The molecule has 10 heteroatoms. The van der Waals surface area contributed by atoms with E-state index in [1.165, 1.54) is 6.08 Å². The highest BCUT2D eigenvalue weighted by atomic mass is 16.6. The molecule has 0 radical (unpaired) electrons. The van der Waals surface area contributed by atoms with Crippen LogP contribution in [0.25, 0.3) is 16.7 Å². The Morgan fingerprint density at radius 2 is 1.58 bits per heavy atom. The van der Waals surface area contributed by atoms with Crippen molar-refractivity contribution in [3.8, 4) is 0 Å². The lowest BCUT2D eigenvalue weighted by Gasteiger charge is -2.27. The maximum atomic E-state index is 12.3. The molecule has 0 spiro atoms. The molecule has 10 nitrogen and oxygen atoms in total. The number of allylic oxidation sites excluding steroid dienone is 5. The van der Waals surface area contributed by atoms with Gasteiger partial charge in [-0.2, -0.15) is 4.80 Å². The lowest BCUT2D eigenvalue weighted by atomic mass is 9.80. The molecule has 3 rings (SSSR count). The largest absolute Gasteiger partial charge is 0.502 e. The van der Waals surface area contributed by atoms with Crippen LogP contribution >= 0.6 is 0 Å². The zero-order valence-electron chi connectivity index (χ0n) is 22.5. The number of aliphatic hydroxyl groups excluding tert-OH is 2. The third-order valence-corrected chi connectivity index (χ3v) is 5.80. The van der Waals surface area contributed by atoms with E-state index in [4.69, 9.17) is 24.1 Å². The molecule has 0 amide bonds. The molecule has 1 unspecified atom stereocenters. The number of hydrogen-bond acceptors (Lipinski definition) is 9. The number of carbonyl (C=O) groups excluding carboxylic acids is 1. The first kappa shape index (κ1) is 29.5. The molecule has 0 aliphatic heterocycles. The van der Waals surface area contributed by atoms with Crippen molar-refractivity contribution >= 4 is 22.7 Å². The summed E-state index contributed by atoms with van der Waals surface area (Å²) in [5.74, 6) is -1.47. The van der Waals surface area contributed by atoms with Gasteiger partial charge >= 0.3 is 5.97 Å². The maximum absolute atomic E-state index is 12.3. The molecular formula is C28H39N3O7. The van der Waals surface area contributed by atoms with E-state index in [9.17, 15) is 9.90 Å². The maximum Gasteiger partial charge on any atom is 0.373 e. The number of fused-ring (bicyclic) bond motifs is 1. The Kier molecular flexibility index (Phi) is 11.5. The van der Waals surface area contributed by atoms with Gasteiger partial charge in [0.15, 0.2) is 5.76 Å². The summed E-state index contributed by atoms with van der Waals surface area (Å²) in [7, 11) is 0. The van der Waals surface area contributed by atoms with Crippen LogP contribution in [0.3, 0.4) is 0 Å². The highest BCUT2D eigenvalue weighted by Gasteiger charge is 2.25. The van der Waals surface area contributed by atoms with Gasteiger partial charge in [0.1, 0.15) is 17.6 Å². The first-order valence-electron chi connectivity index (χ1n) is 13.0. The highest BCUT2D eigenvalue weighted by Crippen LogP contribution is 2.36. The Hall–Kier alpha value is -3.05. The van der Waals surface area contributed by atoms with Crippen LogP contribution in [0.4, 0.5) is 0 Å². The van der Waals surface area contributed by atoms with Gasteiger partial charge in [-0.15, -0.1) is 10.2 Å². The molecule has 0 fully saturated rings. The smallest absolute Gasteiger partial charge is 0.373 e. The average molecular weight is 530 g/mol. The molecule has 38 heavy (non-hydrogen) atoms. The number of benzene rings is 1. The lowest BCUT2D eigenvalue weighted by Crippen LogP contribution is -2.18. The third-order valence-electron chi connectivity index (χ3n) is 5.80. The zero-order chi connectivity index (χ0) is 27.4. The number of nitrogens with zero attached hydrogens (tertiary/aromatic N) is 3. The molecule has 1 heterocycles. The predicted octanol–water partition coefficient (Wildman–Crippen LogP) is 3.68. The van der Waals surface area contributed by atoms with Crippen LogP contribution in [0.5, 0.6) is 0 Å². The fourth-order valence-electron chi connectivity index (χ4n) is 3.77. The van der Waals surface area contributed by atoms with Gasteiger partial charge in [-0.1, -0.05) is 39.0 Å². The summed E-state index contributed by atoms with van der Waals surface area (Å²) >= 11 is 0. The summed E-state index contributed by atoms with van der Waals surface area (Å²) in [6.45, 7) is 8.81. The topological polar surface area (TPSA) is 125 Å². The lowest BCUT2D eigenvalue weighted by molar-refractivity contribution is -0.143. The van der Waals surface area contributed by atoms with Gasteiger partial charge in [0.2, 0.25) is 0 Å². The number of aromatic nitrogens is 3. The molecule has 2 N–H and O–H groups in total. The van der Waals surface area contributed by atoms with Gasteiger partial charge in [0.05, 0.1) is 38.7 Å². The summed E-state index contributed by atoms with van der Waals surface area (Å²) in [5.41, 5.74) is 3.40. The van der Waals surface area contributed by atoms with Crippen molar-refractivity contribution in [3.05, 3.63) is 53.8 Å². The quantitative estimate of drug-likeness (QED) is 0.154. The van der Waals surface area contributed by atoms with Crippen LogP contribution in [-0.4, -0.2) is 84.0 Å². The SMILES string of the molecule is CC(C)(C)C1=CC(C=C(O)C(=O)OCCOCCOCCOCCCO)CC(n2nc3ccccc3n2)=C1. The van der Waals surface area contributed by atoms with Gasteiger partial charge in [0.25, 0.3) is 0 Å². The van der Waals surface area contributed by atoms with Crippen molar-refractivity contribution in [2.24, 2.45) is 11.3 Å². The Bertz CT molecular complexity index is 1100. The van der Waals surface area contributed by atoms with E-state index in [1.54, 1.807) is 4.80 Å². The standard InChI is InChI=1S/C28H39N3O7/c1-28(2,3)22-17-21(18-23(20-22)31-29-24-7-4-5-8-25(24)30-31)19-26(33)27(34)38-16-15-37-14-13-36-12-11-35-10-6-9-32/h4-5,7-8,17,19-21,32-33H,6,9-16,18H2,1-3H3. The summed E-state index contributed by atoms with van der Waals surface area (Å²) in [4.78, 5) is 14.0. The summed E-state index contributed by atoms with van der Waals surface area (Å²) in [6, 6.07) is 7.67. The van der Waals surface area contributed by atoms with Crippen molar-refractivity contribution in [2.45, 2.75) is 33.6 Å². The second kappa shape index (κ2) is 14.8. The average Bonchev–Trinajstić information content (AvgIpc) is 3.33. The van der Waals surface area contributed by atoms with Crippen LogP contribution in [0.2, 0.25) is 0 Å². The molecule has 1 aliphatic carbocycles. The Morgan fingerprint density at radius 3 is 2.16 bits per heavy atom. The van der Waals surface area contributed by atoms with Crippen molar-refractivity contribution in [2.75, 3.05) is 52.9 Å². The van der Waals surface area contributed by atoms with Crippen LogP contribution in [0.1, 0.15) is 33.6 Å². The second-order valence-electron chi connectivity index (χ2n) is 9.96. The van der Waals surface area contributed by atoms with Crippen LogP contribution in [-0.2, 0) is 23.7 Å². The zero-order valence-corrected chi connectivity index (χ0v) is 22.5. The highest BCUT2D eigenvalue weighted by molar-refractivity contribution is 5.85. The van der Waals surface area contributed by atoms with Crippen LogP contribution < -0.4 is 0 Å². The van der Waals surface area contributed by atoms with E-state index in [0.29, 0.717) is 45.9 Å². The number of aliphatic hydroxyl groups is 2. The Morgan fingerprint density at radius 1 is 1.00 bits per heavy atom. The molecule has 0 bridgehead atoms. The number of ether oxygens (including phenoxy) is 4. The monoisotopic (exact) mass is 529 g/mol. The van der Waals surface area contributed by atoms with Gasteiger partial charge < -0.3 is 29.2 Å². The normalized spacial score (nSPS) is 16.4. The second-order valence-corrected chi connectivity index (χ2v) is 9.96. The molecule has 1 aromatic carbocycles. The van der Waals surface area contributed by atoms with E-state index < -0.39 is 11.7 Å². The minimum Gasteiger partial charge on any atom is -0.502 e. The third kappa shape index (κ3) is 9.36. The molecular weight excluding hydrogens is 490 g/mol. The van der Waals surface area contributed by atoms with E-state index in [1.807, 2.05) is 24.3 Å². The van der Waals surface area contributed by atoms with E-state index in [0.717, 1.165) is 22.3 Å². The first-order chi connectivity index (χ1) is 18.3. The van der Waals surface area contributed by atoms with Gasteiger partial charge in [-0.3, -0.25) is 0 Å². The molecule has 1 atom stereocenters. The van der Waals surface area contributed by atoms with Crippen molar-refractivity contribution < 1.29 is 34.0 Å². The van der Waals surface area contributed by atoms with Crippen molar-refractivity contribution in [3.63, 3.8) is 0 Å². The van der Waals surface area contributed by atoms with Crippen LogP contribution in [0.15, 0.2) is 53.8 Å². The van der Waals surface area contributed by atoms with Crippen molar-refractivity contribution in [1.29, 1.82) is 0 Å². The van der Waals surface area contributed by atoms with E-state index >= 15 is 0 Å². The minimum atomic E-state index is -0.797. The Labute approximate surface area is 223 Å². The summed E-state index contributed by atoms with van der Waals surface area (Å²) in [6.07, 6.45) is 6.77. The van der Waals surface area contributed by atoms with Crippen molar-refractivity contribution in [1.82, 2.24) is 15.0 Å². The molecule has 1 aromatic heterocycles. The predicted molar refractivity (Wildman–Crippen MR) is 143 cm³/mol.